The lowest BCUT2D eigenvalue weighted by molar-refractivity contribution is -0.125. The van der Waals surface area contributed by atoms with Gasteiger partial charge >= 0.3 is 0 Å². The van der Waals surface area contributed by atoms with Gasteiger partial charge in [-0.3, -0.25) is 14.4 Å². The number of hydrogen-bond donors (Lipinski definition) is 3. The van der Waals surface area contributed by atoms with Gasteiger partial charge in [0, 0.05) is 31.1 Å². The largest absolute Gasteiger partial charge is 0.354 e. The fraction of sp³-hybridized carbons (Fsp3) is 0.409. The summed E-state index contributed by atoms with van der Waals surface area (Å²) in [5.74, 6) is -0.0385. The Morgan fingerprint density at radius 2 is 1.59 bits per heavy atom. The van der Waals surface area contributed by atoms with Gasteiger partial charge in [0.05, 0.1) is 4.88 Å². The molecule has 29 heavy (non-hydrogen) atoms. The van der Waals surface area contributed by atoms with Crippen LogP contribution in [0.3, 0.4) is 0 Å². The molecule has 1 aromatic carbocycles. The second-order valence-electron chi connectivity index (χ2n) is 7.24. The zero-order valence-electron chi connectivity index (χ0n) is 16.4. The first-order valence-electron chi connectivity index (χ1n) is 10.1. The second-order valence-corrected chi connectivity index (χ2v) is 8.19. The van der Waals surface area contributed by atoms with Gasteiger partial charge in [-0.2, -0.15) is 0 Å². The normalized spacial score (nSPS) is 14.2. The summed E-state index contributed by atoms with van der Waals surface area (Å²) in [6.45, 7) is 1.25. The van der Waals surface area contributed by atoms with Gasteiger partial charge in [-0.25, -0.2) is 0 Å². The third-order valence-electron chi connectivity index (χ3n) is 5.10. The highest BCUT2D eigenvalue weighted by molar-refractivity contribution is 7.12. The van der Waals surface area contributed by atoms with E-state index in [0.29, 0.717) is 30.1 Å². The summed E-state index contributed by atoms with van der Waals surface area (Å²) in [7, 11) is 0. The Kier molecular flexibility index (Phi) is 7.81. The van der Waals surface area contributed by atoms with Crippen molar-refractivity contribution in [3.8, 4) is 0 Å². The quantitative estimate of drug-likeness (QED) is 0.581. The Morgan fingerprint density at radius 1 is 0.862 bits per heavy atom. The van der Waals surface area contributed by atoms with Gasteiger partial charge in [0.1, 0.15) is 0 Å². The van der Waals surface area contributed by atoms with E-state index in [0.717, 1.165) is 31.2 Å². The van der Waals surface area contributed by atoms with Gasteiger partial charge in [-0.1, -0.05) is 37.5 Å². The van der Waals surface area contributed by atoms with Gasteiger partial charge in [0.2, 0.25) is 5.91 Å². The van der Waals surface area contributed by atoms with Crippen LogP contribution in [0.2, 0.25) is 0 Å². The minimum atomic E-state index is -0.175. The van der Waals surface area contributed by atoms with E-state index < -0.39 is 0 Å². The summed E-state index contributed by atoms with van der Waals surface area (Å²) < 4.78 is 0. The van der Waals surface area contributed by atoms with Crippen LogP contribution in [-0.4, -0.2) is 30.8 Å². The zero-order chi connectivity index (χ0) is 20.5. The molecule has 0 saturated heterocycles. The molecule has 0 atom stereocenters. The van der Waals surface area contributed by atoms with Crippen LogP contribution in [0.25, 0.3) is 0 Å². The maximum atomic E-state index is 12.2. The van der Waals surface area contributed by atoms with E-state index in [9.17, 15) is 14.4 Å². The van der Waals surface area contributed by atoms with Crippen LogP contribution in [0, 0.1) is 5.92 Å². The number of rotatable bonds is 8. The van der Waals surface area contributed by atoms with Crippen molar-refractivity contribution in [2.75, 3.05) is 13.1 Å². The van der Waals surface area contributed by atoms with E-state index >= 15 is 0 Å². The number of benzene rings is 1. The number of hydrogen-bond acceptors (Lipinski definition) is 4. The molecule has 154 valence electrons. The standard InChI is InChI=1S/C22H27N3O3S/c26-20(17-5-2-1-3-6-17)23-12-13-24-21(27)18-10-8-16(9-11-18)15-25-22(28)19-7-4-14-29-19/h4,7-11,14,17H,1-3,5-6,12-13,15H2,(H,23,26)(H,24,27)(H,25,28). The molecule has 0 bridgehead atoms. The molecule has 1 aliphatic rings. The Hall–Kier alpha value is -2.67. The molecule has 0 aliphatic heterocycles. The minimum absolute atomic E-state index is 0.0999. The predicted molar refractivity (Wildman–Crippen MR) is 114 cm³/mol. The van der Waals surface area contributed by atoms with E-state index in [4.69, 9.17) is 0 Å². The third kappa shape index (κ3) is 6.42. The molecule has 3 amide bonds. The fourth-order valence-electron chi connectivity index (χ4n) is 3.42. The monoisotopic (exact) mass is 413 g/mol. The molecule has 1 saturated carbocycles. The van der Waals surface area contributed by atoms with E-state index in [1.54, 1.807) is 18.2 Å². The van der Waals surface area contributed by atoms with Gasteiger partial charge in [0.15, 0.2) is 0 Å². The summed E-state index contributed by atoms with van der Waals surface area (Å²) in [6, 6.07) is 10.8. The van der Waals surface area contributed by atoms with Crippen LogP contribution >= 0.6 is 11.3 Å². The Balaban J connectivity index is 1.36. The van der Waals surface area contributed by atoms with E-state index in [-0.39, 0.29) is 23.6 Å². The molecule has 6 nitrogen and oxygen atoms in total. The van der Waals surface area contributed by atoms with Crippen molar-refractivity contribution in [2.45, 2.75) is 38.6 Å². The molecular weight excluding hydrogens is 386 g/mol. The average Bonchev–Trinajstić information content (AvgIpc) is 3.31. The molecule has 0 unspecified atom stereocenters. The highest BCUT2D eigenvalue weighted by Crippen LogP contribution is 2.23. The van der Waals surface area contributed by atoms with Gasteiger partial charge in [-0.05, 0) is 42.0 Å². The van der Waals surface area contributed by atoms with E-state index in [2.05, 4.69) is 16.0 Å². The lowest BCUT2D eigenvalue weighted by Gasteiger charge is -2.20. The molecule has 1 aromatic heterocycles. The van der Waals surface area contributed by atoms with Crippen molar-refractivity contribution < 1.29 is 14.4 Å². The van der Waals surface area contributed by atoms with Crippen molar-refractivity contribution in [1.29, 1.82) is 0 Å². The van der Waals surface area contributed by atoms with Crippen LogP contribution < -0.4 is 16.0 Å². The Bertz CT molecular complexity index is 812. The zero-order valence-corrected chi connectivity index (χ0v) is 17.2. The van der Waals surface area contributed by atoms with Crippen molar-refractivity contribution >= 4 is 29.1 Å². The molecule has 0 spiro atoms. The second kappa shape index (κ2) is 10.8. The van der Waals surface area contributed by atoms with Crippen molar-refractivity contribution in [1.82, 2.24) is 16.0 Å². The lowest BCUT2D eigenvalue weighted by Crippen LogP contribution is -2.38. The van der Waals surface area contributed by atoms with Gasteiger partial charge < -0.3 is 16.0 Å². The lowest BCUT2D eigenvalue weighted by atomic mass is 9.89. The number of nitrogens with one attached hydrogen (secondary N) is 3. The number of amides is 3. The first-order chi connectivity index (χ1) is 14.1. The molecule has 1 heterocycles. The first kappa shape index (κ1) is 21.0. The molecule has 1 fully saturated rings. The fourth-order valence-corrected chi connectivity index (χ4v) is 4.06. The maximum absolute atomic E-state index is 12.2. The number of thiophene rings is 1. The van der Waals surface area contributed by atoms with E-state index in [1.165, 1.54) is 17.8 Å². The summed E-state index contributed by atoms with van der Waals surface area (Å²) in [5, 5.41) is 10.5. The van der Waals surface area contributed by atoms with Crippen LogP contribution in [0.4, 0.5) is 0 Å². The summed E-state index contributed by atoms with van der Waals surface area (Å²) >= 11 is 1.40. The molecule has 7 heteroatoms. The van der Waals surface area contributed by atoms with Gasteiger partial charge in [-0.15, -0.1) is 11.3 Å². The molecular formula is C22H27N3O3S. The molecule has 3 rings (SSSR count). The Labute approximate surface area is 175 Å². The SMILES string of the molecule is O=C(NCCNC(=O)C1CCCCC1)c1ccc(CNC(=O)c2cccs2)cc1. The van der Waals surface area contributed by atoms with Crippen LogP contribution in [-0.2, 0) is 11.3 Å². The molecule has 3 N–H and O–H groups in total. The summed E-state index contributed by atoms with van der Waals surface area (Å²) in [4.78, 5) is 36.9. The van der Waals surface area contributed by atoms with Crippen molar-refractivity contribution in [2.24, 2.45) is 5.92 Å². The van der Waals surface area contributed by atoms with Crippen LogP contribution in [0.15, 0.2) is 41.8 Å². The molecule has 2 aromatic rings. The topological polar surface area (TPSA) is 87.3 Å². The molecule has 1 aliphatic carbocycles. The van der Waals surface area contributed by atoms with E-state index in [1.807, 2.05) is 23.6 Å². The Morgan fingerprint density at radius 3 is 2.28 bits per heavy atom. The number of carbonyl (C=O) groups is 3. The van der Waals surface area contributed by atoms with Crippen molar-refractivity contribution in [3.63, 3.8) is 0 Å². The summed E-state index contributed by atoms with van der Waals surface area (Å²) in [6.07, 6.45) is 5.42. The summed E-state index contributed by atoms with van der Waals surface area (Å²) in [5.41, 5.74) is 1.48. The highest BCUT2D eigenvalue weighted by atomic mass is 32.1. The molecule has 0 radical (unpaired) electrons. The van der Waals surface area contributed by atoms with Gasteiger partial charge in [0.25, 0.3) is 11.8 Å². The minimum Gasteiger partial charge on any atom is -0.354 e. The van der Waals surface area contributed by atoms with Crippen LogP contribution in [0.1, 0.15) is 57.7 Å². The van der Waals surface area contributed by atoms with Crippen LogP contribution in [0.5, 0.6) is 0 Å². The smallest absolute Gasteiger partial charge is 0.261 e. The predicted octanol–water partition coefficient (Wildman–Crippen LogP) is 3.10. The third-order valence-corrected chi connectivity index (χ3v) is 5.97. The number of carbonyl (C=O) groups excluding carboxylic acids is 3. The maximum Gasteiger partial charge on any atom is 0.261 e. The average molecular weight is 414 g/mol. The first-order valence-corrected chi connectivity index (χ1v) is 11.0. The van der Waals surface area contributed by atoms with Crippen molar-refractivity contribution in [3.05, 3.63) is 57.8 Å². The highest BCUT2D eigenvalue weighted by Gasteiger charge is 2.20.